The van der Waals surface area contributed by atoms with E-state index in [1.165, 1.54) is 6.07 Å². The predicted molar refractivity (Wildman–Crippen MR) is 60.9 cm³/mol. The molecule has 1 nitrogen and oxygen atoms in total. The largest absolute Gasteiger partial charge is 0.299 e. The Morgan fingerprint density at radius 1 is 1.47 bits per heavy atom. The van der Waals surface area contributed by atoms with Crippen molar-refractivity contribution in [3.63, 3.8) is 0 Å². The van der Waals surface area contributed by atoms with E-state index in [-0.39, 0.29) is 11.9 Å². The number of rotatable bonds is 4. The zero-order valence-corrected chi connectivity index (χ0v) is 9.20. The van der Waals surface area contributed by atoms with Crippen LogP contribution in [0.2, 0.25) is 0 Å². The molecule has 1 aromatic rings. The van der Waals surface area contributed by atoms with E-state index in [0.29, 0.717) is 6.42 Å². The quantitative estimate of drug-likeness (QED) is 0.683. The minimum Gasteiger partial charge on any atom is -0.299 e. The van der Waals surface area contributed by atoms with Crippen molar-refractivity contribution in [2.45, 2.75) is 19.4 Å². The molecule has 1 atom stereocenters. The molecule has 0 spiro atoms. The van der Waals surface area contributed by atoms with E-state index in [1.807, 2.05) is 26.1 Å². The van der Waals surface area contributed by atoms with Crippen molar-refractivity contribution in [2.75, 3.05) is 13.6 Å². The van der Waals surface area contributed by atoms with Crippen LogP contribution in [0.4, 0.5) is 4.39 Å². The van der Waals surface area contributed by atoms with Gasteiger partial charge < -0.3 is 0 Å². The van der Waals surface area contributed by atoms with Crippen LogP contribution < -0.4 is 0 Å². The monoisotopic (exact) mass is 205 g/mol. The average Bonchev–Trinajstić information content (AvgIpc) is 2.25. The lowest BCUT2D eigenvalue weighted by Crippen LogP contribution is -2.24. The van der Waals surface area contributed by atoms with Gasteiger partial charge in [-0.05, 0) is 20.0 Å². The van der Waals surface area contributed by atoms with E-state index in [1.54, 1.807) is 6.07 Å². The topological polar surface area (TPSA) is 3.24 Å². The Bertz CT molecular complexity index is 354. The van der Waals surface area contributed by atoms with Crippen molar-refractivity contribution in [2.24, 2.45) is 0 Å². The Hall–Kier alpha value is -1.33. The van der Waals surface area contributed by atoms with Gasteiger partial charge in [0.15, 0.2) is 0 Å². The second-order valence-corrected chi connectivity index (χ2v) is 3.63. The van der Waals surface area contributed by atoms with Crippen LogP contribution in [0.25, 0.3) is 0 Å². The maximum atomic E-state index is 13.5. The second-order valence-electron chi connectivity index (χ2n) is 3.63. The molecule has 0 radical (unpaired) electrons. The van der Waals surface area contributed by atoms with Crippen LogP contribution in [-0.2, 0) is 0 Å². The summed E-state index contributed by atoms with van der Waals surface area (Å²) in [5.74, 6) is 2.43. The van der Waals surface area contributed by atoms with Crippen LogP contribution in [0.1, 0.15) is 24.9 Å². The molecule has 0 aliphatic heterocycles. The van der Waals surface area contributed by atoms with Crippen molar-refractivity contribution < 1.29 is 4.39 Å². The van der Waals surface area contributed by atoms with Gasteiger partial charge in [0.25, 0.3) is 0 Å². The number of hydrogen-bond donors (Lipinski definition) is 0. The Labute approximate surface area is 90.9 Å². The van der Waals surface area contributed by atoms with Gasteiger partial charge in [-0.15, -0.1) is 12.3 Å². The number of terminal acetylenes is 1. The molecule has 15 heavy (non-hydrogen) atoms. The fourth-order valence-electron chi connectivity index (χ4n) is 1.49. The zero-order chi connectivity index (χ0) is 11.3. The van der Waals surface area contributed by atoms with Gasteiger partial charge in [0.05, 0.1) is 0 Å². The maximum Gasteiger partial charge on any atom is 0.127 e. The molecule has 0 aromatic heterocycles. The van der Waals surface area contributed by atoms with Crippen molar-refractivity contribution in [3.8, 4) is 12.3 Å². The summed E-state index contributed by atoms with van der Waals surface area (Å²) in [5, 5.41) is 0. The van der Waals surface area contributed by atoms with Crippen LogP contribution in [0.3, 0.4) is 0 Å². The molecule has 1 unspecified atom stereocenters. The van der Waals surface area contributed by atoms with Gasteiger partial charge in [-0.1, -0.05) is 18.2 Å². The molecule has 0 bridgehead atoms. The van der Waals surface area contributed by atoms with E-state index >= 15 is 0 Å². The maximum absolute atomic E-state index is 13.5. The summed E-state index contributed by atoms with van der Waals surface area (Å²) < 4.78 is 13.5. The molecule has 0 saturated heterocycles. The van der Waals surface area contributed by atoms with Gasteiger partial charge in [-0.25, -0.2) is 4.39 Å². The van der Waals surface area contributed by atoms with Gasteiger partial charge in [-0.2, -0.15) is 0 Å². The molecule has 0 aliphatic rings. The van der Waals surface area contributed by atoms with Gasteiger partial charge in [-0.3, -0.25) is 4.90 Å². The highest BCUT2D eigenvalue weighted by atomic mass is 19.1. The normalized spacial score (nSPS) is 12.5. The number of halogens is 1. The van der Waals surface area contributed by atoms with Gasteiger partial charge in [0, 0.05) is 24.6 Å². The Kier molecular flexibility index (Phi) is 4.33. The zero-order valence-electron chi connectivity index (χ0n) is 9.20. The lowest BCUT2D eigenvalue weighted by atomic mass is 10.1. The standard InChI is InChI=1S/C13H16FN/c1-4-5-10-15(3)11(2)12-8-6-7-9-13(12)14/h1,6-9,11H,5,10H2,2-3H3. The Balaban J connectivity index is 2.72. The van der Waals surface area contributed by atoms with Crippen LogP contribution in [0.5, 0.6) is 0 Å². The first-order valence-electron chi connectivity index (χ1n) is 5.05. The SMILES string of the molecule is C#CCCN(C)C(C)c1ccccc1F. The highest BCUT2D eigenvalue weighted by Gasteiger charge is 2.14. The van der Waals surface area contributed by atoms with Crippen molar-refractivity contribution in [3.05, 3.63) is 35.6 Å². The van der Waals surface area contributed by atoms with Crippen molar-refractivity contribution in [1.29, 1.82) is 0 Å². The number of benzene rings is 1. The van der Waals surface area contributed by atoms with E-state index in [4.69, 9.17) is 6.42 Å². The Morgan fingerprint density at radius 3 is 2.73 bits per heavy atom. The smallest absolute Gasteiger partial charge is 0.127 e. The summed E-state index contributed by atoms with van der Waals surface area (Å²) in [6.07, 6.45) is 5.88. The molecule has 0 saturated carbocycles. The third kappa shape index (κ3) is 3.07. The van der Waals surface area contributed by atoms with E-state index in [9.17, 15) is 4.39 Å². The van der Waals surface area contributed by atoms with Gasteiger partial charge in [0.1, 0.15) is 5.82 Å². The van der Waals surface area contributed by atoms with Crippen LogP contribution >= 0.6 is 0 Å². The minimum atomic E-state index is -0.155. The summed E-state index contributed by atoms with van der Waals surface area (Å²) in [6.45, 7) is 2.76. The summed E-state index contributed by atoms with van der Waals surface area (Å²) in [6, 6.07) is 6.91. The van der Waals surface area contributed by atoms with Crippen LogP contribution in [0, 0.1) is 18.2 Å². The van der Waals surface area contributed by atoms with Crippen molar-refractivity contribution in [1.82, 2.24) is 4.90 Å². The van der Waals surface area contributed by atoms with Crippen LogP contribution in [0.15, 0.2) is 24.3 Å². The molecule has 1 aromatic carbocycles. The fraction of sp³-hybridized carbons (Fsp3) is 0.385. The number of nitrogens with zero attached hydrogens (tertiary/aromatic N) is 1. The van der Waals surface area contributed by atoms with Crippen molar-refractivity contribution >= 4 is 0 Å². The molecule has 0 fully saturated rings. The minimum absolute atomic E-state index is 0.0551. The first kappa shape index (κ1) is 11.7. The average molecular weight is 205 g/mol. The predicted octanol–water partition coefficient (Wildman–Crippen LogP) is 2.84. The van der Waals surface area contributed by atoms with Gasteiger partial charge >= 0.3 is 0 Å². The third-order valence-electron chi connectivity index (χ3n) is 2.63. The van der Waals surface area contributed by atoms with E-state index < -0.39 is 0 Å². The Morgan fingerprint density at radius 2 is 2.13 bits per heavy atom. The third-order valence-corrected chi connectivity index (χ3v) is 2.63. The molecule has 80 valence electrons. The molecular weight excluding hydrogens is 189 g/mol. The van der Waals surface area contributed by atoms with Crippen LogP contribution in [-0.4, -0.2) is 18.5 Å². The molecule has 0 aliphatic carbocycles. The molecule has 0 heterocycles. The molecule has 0 amide bonds. The summed E-state index contributed by atoms with van der Waals surface area (Å²) in [7, 11) is 1.95. The second kappa shape index (κ2) is 5.53. The van der Waals surface area contributed by atoms with Gasteiger partial charge in [0.2, 0.25) is 0 Å². The van der Waals surface area contributed by atoms with E-state index in [2.05, 4.69) is 10.8 Å². The lowest BCUT2D eigenvalue weighted by molar-refractivity contribution is 0.262. The summed E-state index contributed by atoms with van der Waals surface area (Å²) >= 11 is 0. The fourth-order valence-corrected chi connectivity index (χ4v) is 1.49. The molecular formula is C13H16FN. The molecule has 1 rings (SSSR count). The molecule has 0 N–H and O–H groups in total. The highest BCUT2D eigenvalue weighted by molar-refractivity contribution is 5.20. The lowest BCUT2D eigenvalue weighted by Gasteiger charge is -2.24. The first-order chi connectivity index (χ1) is 7.16. The number of hydrogen-bond acceptors (Lipinski definition) is 1. The molecule has 2 heteroatoms. The van der Waals surface area contributed by atoms with E-state index in [0.717, 1.165) is 12.1 Å². The highest BCUT2D eigenvalue weighted by Crippen LogP contribution is 2.21. The first-order valence-corrected chi connectivity index (χ1v) is 5.05. The summed E-state index contributed by atoms with van der Waals surface area (Å²) in [5.41, 5.74) is 0.719. The summed E-state index contributed by atoms with van der Waals surface area (Å²) in [4.78, 5) is 2.05.